The van der Waals surface area contributed by atoms with Crippen LogP contribution >= 0.6 is 0 Å². The van der Waals surface area contributed by atoms with Gasteiger partial charge in [0.2, 0.25) is 0 Å². The summed E-state index contributed by atoms with van der Waals surface area (Å²) in [6.07, 6.45) is 0. The summed E-state index contributed by atoms with van der Waals surface area (Å²) in [7, 11) is 1.00. The number of aryl methyl sites for hydroxylation is 2. The quantitative estimate of drug-likeness (QED) is 0.470. The molecule has 0 saturated heterocycles. The van der Waals surface area contributed by atoms with Crippen LogP contribution in [0.25, 0.3) is 38.2 Å². The number of rotatable bonds is 0. The zero-order valence-electron chi connectivity index (χ0n) is 14.4. The molecule has 0 aliphatic rings. The fourth-order valence-corrected chi connectivity index (χ4v) is 3.54. The summed E-state index contributed by atoms with van der Waals surface area (Å²) in [5.74, 6) is 0. The number of fused-ring (bicyclic) bond motifs is 4. The fourth-order valence-electron chi connectivity index (χ4n) is 3.54. The number of aliphatic hydroxyl groups is 1. The molecule has 0 aliphatic heterocycles. The maximum Gasteiger partial charge on any atom is 0.264 e. The standard InChI is InChI=1S/C20H14N2O.CH4O/c1-11-9-16-17(10-12(11)2)22-19(21-16)14-7-3-5-13-6-4-8-15(18(13)14)20(22)23;1-2/h3-10H,1-2H3;2H,1H3. The molecule has 0 spiro atoms. The minimum atomic E-state index is 0.00931. The van der Waals surface area contributed by atoms with Crippen LogP contribution in [-0.2, 0) is 0 Å². The lowest BCUT2D eigenvalue weighted by atomic mass is 10.0. The predicted molar refractivity (Wildman–Crippen MR) is 103 cm³/mol. The van der Waals surface area contributed by atoms with Crippen LogP contribution in [0, 0.1) is 13.8 Å². The van der Waals surface area contributed by atoms with E-state index in [1.807, 2.05) is 30.3 Å². The van der Waals surface area contributed by atoms with Gasteiger partial charge in [-0.3, -0.25) is 9.20 Å². The second-order valence-electron chi connectivity index (χ2n) is 6.21. The first-order valence-corrected chi connectivity index (χ1v) is 8.16. The number of nitrogens with zero attached hydrogens (tertiary/aromatic N) is 2. The first-order valence-electron chi connectivity index (χ1n) is 8.16. The summed E-state index contributed by atoms with van der Waals surface area (Å²) in [6, 6.07) is 16.1. The third kappa shape index (κ3) is 2.04. The van der Waals surface area contributed by atoms with E-state index in [2.05, 4.69) is 32.0 Å². The van der Waals surface area contributed by atoms with Gasteiger partial charge in [0.05, 0.1) is 11.0 Å². The third-order valence-corrected chi connectivity index (χ3v) is 4.85. The van der Waals surface area contributed by atoms with Gasteiger partial charge in [0.1, 0.15) is 5.65 Å². The summed E-state index contributed by atoms with van der Waals surface area (Å²) in [6.45, 7) is 4.14. The second-order valence-corrected chi connectivity index (χ2v) is 6.21. The fraction of sp³-hybridized carbons (Fsp3) is 0.143. The van der Waals surface area contributed by atoms with Crippen LogP contribution in [0.3, 0.4) is 0 Å². The summed E-state index contributed by atoms with van der Waals surface area (Å²) in [5.41, 5.74) is 4.89. The number of benzene rings is 3. The van der Waals surface area contributed by atoms with Crippen LogP contribution in [0.1, 0.15) is 11.1 Å². The Morgan fingerprint density at radius 3 is 2.28 bits per heavy atom. The molecule has 124 valence electrons. The molecule has 0 amide bonds. The molecule has 0 radical (unpaired) electrons. The normalized spacial score (nSPS) is 11.4. The molecule has 2 aromatic heterocycles. The SMILES string of the molecule is CO.Cc1cc2nc3c4cccc5cccc(c(=O)n3c2cc1C)c54. The zero-order chi connectivity index (χ0) is 17.7. The van der Waals surface area contributed by atoms with Gasteiger partial charge in [0.15, 0.2) is 0 Å². The van der Waals surface area contributed by atoms with Crippen molar-refractivity contribution in [3.8, 4) is 0 Å². The van der Waals surface area contributed by atoms with E-state index >= 15 is 0 Å². The van der Waals surface area contributed by atoms with Crippen molar-refractivity contribution in [3.63, 3.8) is 0 Å². The van der Waals surface area contributed by atoms with E-state index in [1.54, 1.807) is 4.40 Å². The maximum absolute atomic E-state index is 13.1. The van der Waals surface area contributed by atoms with Gasteiger partial charge >= 0.3 is 0 Å². The van der Waals surface area contributed by atoms with Gasteiger partial charge in [-0.1, -0.05) is 30.3 Å². The van der Waals surface area contributed by atoms with Crippen molar-refractivity contribution in [2.45, 2.75) is 13.8 Å². The van der Waals surface area contributed by atoms with Crippen molar-refractivity contribution in [2.24, 2.45) is 0 Å². The second kappa shape index (κ2) is 5.53. The highest BCUT2D eigenvalue weighted by molar-refractivity contribution is 6.15. The van der Waals surface area contributed by atoms with Gasteiger partial charge in [-0.25, -0.2) is 4.98 Å². The lowest BCUT2D eigenvalue weighted by molar-refractivity contribution is 0.399. The van der Waals surface area contributed by atoms with E-state index < -0.39 is 0 Å². The number of aromatic nitrogens is 2. The van der Waals surface area contributed by atoms with Crippen LogP contribution < -0.4 is 5.56 Å². The van der Waals surface area contributed by atoms with Crippen molar-refractivity contribution in [3.05, 3.63) is 70.0 Å². The topological polar surface area (TPSA) is 54.6 Å². The maximum atomic E-state index is 13.1. The van der Waals surface area contributed by atoms with Gasteiger partial charge in [-0.2, -0.15) is 0 Å². The Bertz CT molecular complexity index is 1300. The molecule has 4 nitrogen and oxygen atoms in total. The van der Waals surface area contributed by atoms with Gasteiger partial charge in [0, 0.05) is 23.3 Å². The molecule has 0 atom stereocenters. The van der Waals surface area contributed by atoms with Crippen molar-refractivity contribution in [1.82, 2.24) is 9.38 Å². The third-order valence-electron chi connectivity index (χ3n) is 4.85. The summed E-state index contributed by atoms with van der Waals surface area (Å²) in [5, 5.41) is 10.9. The van der Waals surface area contributed by atoms with Crippen LogP contribution in [0.4, 0.5) is 0 Å². The largest absolute Gasteiger partial charge is 0.400 e. The molecule has 5 aromatic rings. The molecule has 3 aromatic carbocycles. The Balaban J connectivity index is 0.000000758. The van der Waals surface area contributed by atoms with Crippen molar-refractivity contribution in [1.29, 1.82) is 0 Å². The first kappa shape index (κ1) is 15.5. The number of aliphatic hydroxyl groups excluding tert-OH is 1. The summed E-state index contributed by atoms with van der Waals surface area (Å²) >= 11 is 0. The highest BCUT2D eigenvalue weighted by atomic mass is 16.2. The molecule has 1 N–H and O–H groups in total. The summed E-state index contributed by atoms with van der Waals surface area (Å²) < 4.78 is 1.76. The highest BCUT2D eigenvalue weighted by Crippen LogP contribution is 2.29. The summed E-state index contributed by atoms with van der Waals surface area (Å²) in [4.78, 5) is 17.9. The van der Waals surface area contributed by atoms with Crippen molar-refractivity contribution in [2.75, 3.05) is 7.11 Å². The smallest absolute Gasteiger partial charge is 0.264 e. The molecule has 0 bridgehead atoms. The Morgan fingerprint density at radius 1 is 0.920 bits per heavy atom. The first-order chi connectivity index (χ1) is 12.1. The van der Waals surface area contributed by atoms with Crippen molar-refractivity contribution < 1.29 is 5.11 Å². The lowest BCUT2D eigenvalue weighted by Crippen LogP contribution is -2.13. The Morgan fingerprint density at radius 2 is 1.56 bits per heavy atom. The molecule has 5 rings (SSSR count). The van der Waals surface area contributed by atoms with Gasteiger partial charge < -0.3 is 5.11 Å². The molecule has 0 aliphatic carbocycles. The molecule has 25 heavy (non-hydrogen) atoms. The monoisotopic (exact) mass is 330 g/mol. The molecule has 4 heteroatoms. The average Bonchev–Trinajstić information content (AvgIpc) is 3.00. The van der Waals surface area contributed by atoms with Crippen LogP contribution in [0.15, 0.2) is 53.3 Å². The molecule has 0 fully saturated rings. The molecule has 0 saturated carbocycles. The van der Waals surface area contributed by atoms with Crippen LogP contribution in [-0.4, -0.2) is 21.6 Å². The van der Waals surface area contributed by atoms with E-state index in [-0.39, 0.29) is 5.56 Å². The highest BCUT2D eigenvalue weighted by Gasteiger charge is 2.16. The van der Waals surface area contributed by atoms with Crippen LogP contribution in [0.2, 0.25) is 0 Å². The predicted octanol–water partition coefficient (Wildman–Crippen LogP) is 3.82. The average molecular weight is 330 g/mol. The Kier molecular flexibility index (Phi) is 3.44. The number of hydrogen-bond acceptors (Lipinski definition) is 3. The van der Waals surface area contributed by atoms with Crippen LogP contribution in [0.5, 0.6) is 0 Å². The molecular formula is C21H18N2O2. The molecular weight excluding hydrogens is 312 g/mol. The van der Waals surface area contributed by atoms with E-state index in [4.69, 9.17) is 10.1 Å². The van der Waals surface area contributed by atoms with E-state index in [1.165, 1.54) is 11.1 Å². The zero-order valence-corrected chi connectivity index (χ0v) is 14.4. The Hall–Kier alpha value is -2.98. The number of hydrogen-bond donors (Lipinski definition) is 1. The van der Waals surface area contributed by atoms with E-state index in [0.29, 0.717) is 0 Å². The molecule has 0 unspecified atom stereocenters. The van der Waals surface area contributed by atoms with Crippen molar-refractivity contribution >= 4 is 38.2 Å². The number of pyridine rings is 1. The molecule has 2 heterocycles. The van der Waals surface area contributed by atoms with E-state index in [9.17, 15) is 4.79 Å². The lowest BCUT2D eigenvalue weighted by Gasteiger charge is -2.06. The van der Waals surface area contributed by atoms with Gasteiger partial charge in [-0.15, -0.1) is 0 Å². The van der Waals surface area contributed by atoms with Gasteiger partial charge in [-0.05, 0) is 48.6 Å². The minimum absolute atomic E-state index is 0.00931. The Labute approximate surface area is 144 Å². The number of imidazole rings is 1. The van der Waals surface area contributed by atoms with E-state index in [0.717, 1.165) is 45.3 Å². The minimum Gasteiger partial charge on any atom is -0.400 e. The van der Waals surface area contributed by atoms with Gasteiger partial charge in [0.25, 0.3) is 5.56 Å².